The van der Waals surface area contributed by atoms with Gasteiger partial charge in [-0.25, -0.2) is 0 Å². The van der Waals surface area contributed by atoms with E-state index in [1.807, 2.05) is 0 Å². The second-order valence-electron chi connectivity index (χ2n) is 6.11. The summed E-state index contributed by atoms with van der Waals surface area (Å²) in [5.41, 5.74) is 0. The van der Waals surface area contributed by atoms with Crippen LogP contribution in [0.4, 0.5) is 0 Å². The molecule has 2 saturated carbocycles. The molecule has 2 N–H and O–H groups in total. The number of nitrogens with one attached hydrogen (secondary N) is 1. The van der Waals surface area contributed by atoms with Crippen LogP contribution in [0.5, 0.6) is 0 Å². The third-order valence-electron chi connectivity index (χ3n) is 4.42. The van der Waals surface area contributed by atoms with Gasteiger partial charge in [-0.3, -0.25) is 4.79 Å². The van der Waals surface area contributed by atoms with Crippen LogP contribution in [0.1, 0.15) is 64.2 Å². The molecule has 3 heteroatoms. The lowest BCUT2D eigenvalue weighted by atomic mass is 9.86. The van der Waals surface area contributed by atoms with Gasteiger partial charge in [0.15, 0.2) is 0 Å². The van der Waals surface area contributed by atoms with Gasteiger partial charge in [0.25, 0.3) is 0 Å². The predicted molar refractivity (Wildman–Crippen MR) is 72.2 cm³/mol. The summed E-state index contributed by atoms with van der Waals surface area (Å²) in [5.74, 6) is 1.43. The molecular formula is C15H27NO2. The summed E-state index contributed by atoms with van der Waals surface area (Å²) < 4.78 is 0. The third-order valence-corrected chi connectivity index (χ3v) is 4.42. The molecule has 0 aromatic heterocycles. The van der Waals surface area contributed by atoms with Crippen LogP contribution in [-0.4, -0.2) is 23.7 Å². The van der Waals surface area contributed by atoms with Crippen molar-refractivity contribution in [3.8, 4) is 0 Å². The van der Waals surface area contributed by atoms with E-state index in [0.717, 1.165) is 25.2 Å². The molecule has 1 amide bonds. The Labute approximate surface area is 110 Å². The molecule has 0 aromatic carbocycles. The van der Waals surface area contributed by atoms with E-state index >= 15 is 0 Å². The summed E-state index contributed by atoms with van der Waals surface area (Å²) in [6, 6.07) is 0. The van der Waals surface area contributed by atoms with E-state index in [9.17, 15) is 9.90 Å². The average molecular weight is 253 g/mol. The van der Waals surface area contributed by atoms with Gasteiger partial charge < -0.3 is 10.4 Å². The molecule has 2 aliphatic rings. The highest BCUT2D eigenvalue weighted by Crippen LogP contribution is 2.32. The molecule has 0 aromatic rings. The first kappa shape index (κ1) is 13.9. The molecule has 18 heavy (non-hydrogen) atoms. The van der Waals surface area contributed by atoms with E-state index in [1.54, 1.807) is 0 Å². The topological polar surface area (TPSA) is 49.3 Å². The number of rotatable bonds is 7. The number of carbonyl (C=O) groups is 1. The summed E-state index contributed by atoms with van der Waals surface area (Å²) in [5, 5.41) is 12.5. The number of hydrogen-bond acceptors (Lipinski definition) is 2. The maximum atomic E-state index is 11.6. The zero-order valence-corrected chi connectivity index (χ0v) is 11.4. The van der Waals surface area contributed by atoms with Crippen LogP contribution in [0.3, 0.4) is 0 Å². The van der Waals surface area contributed by atoms with Crippen LogP contribution >= 0.6 is 0 Å². The van der Waals surface area contributed by atoms with Crippen molar-refractivity contribution in [2.24, 2.45) is 11.8 Å². The van der Waals surface area contributed by atoms with Gasteiger partial charge in [-0.1, -0.05) is 32.1 Å². The summed E-state index contributed by atoms with van der Waals surface area (Å²) in [6.07, 6.45) is 11.7. The molecule has 0 heterocycles. The Kier molecular flexibility index (Phi) is 5.48. The van der Waals surface area contributed by atoms with Crippen LogP contribution in [0.15, 0.2) is 0 Å². The van der Waals surface area contributed by atoms with Crippen molar-refractivity contribution < 1.29 is 9.90 Å². The van der Waals surface area contributed by atoms with Crippen LogP contribution in [0.25, 0.3) is 0 Å². The molecule has 1 atom stereocenters. The van der Waals surface area contributed by atoms with Gasteiger partial charge in [0, 0.05) is 13.0 Å². The highest BCUT2D eigenvalue weighted by atomic mass is 16.3. The molecule has 0 bridgehead atoms. The lowest BCUT2D eigenvalue weighted by Gasteiger charge is -2.21. The maximum Gasteiger partial charge on any atom is 0.220 e. The zero-order chi connectivity index (χ0) is 12.8. The minimum absolute atomic E-state index is 0.116. The van der Waals surface area contributed by atoms with Gasteiger partial charge >= 0.3 is 0 Å². The van der Waals surface area contributed by atoms with Crippen LogP contribution in [-0.2, 0) is 4.79 Å². The third kappa shape index (κ3) is 4.97. The minimum atomic E-state index is -0.313. The van der Waals surface area contributed by atoms with Crippen molar-refractivity contribution in [1.82, 2.24) is 5.32 Å². The lowest BCUT2D eigenvalue weighted by Crippen LogP contribution is -2.33. The quantitative estimate of drug-likeness (QED) is 0.733. The smallest absolute Gasteiger partial charge is 0.220 e. The molecule has 0 radical (unpaired) electrons. The fraction of sp³-hybridized carbons (Fsp3) is 0.933. The zero-order valence-electron chi connectivity index (χ0n) is 11.4. The Morgan fingerprint density at radius 3 is 2.56 bits per heavy atom. The number of amides is 1. The first-order chi connectivity index (χ1) is 8.75. The Hall–Kier alpha value is -0.570. The van der Waals surface area contributed by atoms with Gasteiger partial charge in [0.2, 0.25) is 5.91 Å². The molecule has 0 aliphatic heterocycles. The van der Waals surface area contributed by atoms with Crippen molar-refractivity contribution in [3.63, 3.8) is 0 Å². The molecule has 1 unspecified atom stereocenters. The van der Waals surface area contributed by atoms with Crippen LogP contribution in [0, 0.1) is 11.8 Å². The fourth-order valence-electron chi connectivity index (χ4n) is 2.98. The molecule has 3 nitrogen and oxygen atoms in total. The summed E-state index contributed by atoms with van der Waals surface area (Å²) in [6.45, 7) is 0.451. The predicted octanol–water partition coefficient (Wildman–Crippen LogP) is 2.62. The Balaban J connectivity index is 1.48. The standard InChI is InChI=1S/C15H27NO2/c17-14(13-9-10-13)11-16-15(18)8-4-7-12-5-2-1-3-6-12/h12-14,17H,1-11H2,(H,16,18). The summed E-state index contributed by atoms with van der Waals surface area (Å²) in [7, 11) is 0. The van der Waals surface area contributed by atoms with Crippen molar-refractivity contribution in [3.05, 3.63) is 0 Å². The van der Waals surface area contributed by atoms with Crippen LogP contribution < -0.4 is 5.32 Å². The SMILES string of the molecule is O=C(CCCC1CCCCC1)NCC(O)C1CC1. The highest BCUT2D eigenvalue weighted by molar-refractivity contribution is 5.75. The highest BCUT2D eigenvalue weighted by Gasteiger charge is 2.29. The van der Waals surface area contributed by atoms with Crippen molar-refractivity contribution in [1.29, 1.82) is 0 Å². The molecule has 0 saturated heterocycles. The maximum absolute atomic E-state index is 11.6. The minimum Gasteiger partial charge on any atom is -0.391 e. The molecule has 2 aliphatic carbocycles. The monoisotopic (exact) mass is 253 g/mol. The summed E-state index contributed by atoms with van der Waals surface area (Å²) >= 11 is 0. The number of aliphatic hydroxyl groups is 1. The molecule has 2 rings (SSSR count). The van der Waals surface area contributed by atoms with Gasteiger partial charge in [0.1, 0.15) is 0 Å². The van der Waals surface area contributed by atoms with E-state index in [2.05, 4.69) is 5.32 Å². The molecule has 104 valence electrons. The van der Waals surface area contributed by atoms with E-state index in [-0.39, 0.29) is 12.0 Å². The first-order valence-corrected chi connectivity index (χ1v) is 7.70. The second-order valence-corrected chi connectivity index (χ2v) is 6.11. The first-order valence-electron chi connectivity index (χ1n) is 7.70. The van der Waals surface area contributed by atoms with Crippen molar-refractivity contribution in [2.45, 2.75) is 70.3 Å². The van der Waals surface area contributed by atoms with E-state index in [1.165, 1.54) is 38.5 Å². The number of carbonyl (C=O) groups excluding carboxylic acids is 1. The van der Waals surface area contributed by atoms with Gasteiger partial charge in [-0.2, -0.15) is 0 Å². The molecular weight excluding hydrogens is 226 g/mol. The Morgan fingerprint density at radius 2 is 1.89 bits per heavy atom. The van der Waals surface area contributed by atoms with Gasteiger partial charge in [-0.05, 0) is 37.5 Å². The average Bonchev–Trinajstić information content (AvgIpc) is 3.21. The van der Waals surface area contributed by atoms with Crippen molar-refractivity contribution >= 4 is 5.91 Å². The van der Waals surface area contributed by atoms with Crippen molar-refractivity contribution in [2.75, 3.05) is 6.54 Å². The molecule has 2 fully saturated rings. The lowest BCUT2D eigenvalue weighted by molar-refractivity contribution is -0.121. The largest absolute Gasteiger partial charge is 0.391 e. The van der Waals surface area contributed by atoms with E-state index in [4.69, 9.17) is 0 Å². The van der Waals surface area contributed by atoms with E-state index in [0.29, 0.717) is 18.9 Å². The molecule has 0 spiro atoms. The number of hydrogen-bond donors (Lipinski definition) is 2. The van der Waals surface area contributed by atoms with Gasteiger partial charge in [-0.15, -0.1) is 0 Å². The summed E-state index contributed by atoms with van der Waals surface area (Å²) in [4.78, 5) is 11.6. The normalized spacial score (nSPS) is 22.7. The van der Waals surface area contributed by atoms with Crippen LogP contribution in [0.2, 0.25) is 0 Å². The second kappa shape index (κ2) is 7.13. The van der Waals surface area contributed by atoms with E-state index < -0.39 is 0 Å². The fourth-order valence-corrected chi connectivity index (χ4v) is 2.98. The van der Waals surface area contributed by atoms with Gasteiger partial charge in [0.05, 0.1) is 6.10 Å². The Bertz CT molecular complexity index is 257. The number of aliphatic hydroxyl groups excluding tert-OH is 1. The Morgan fingerprint density at radius 1 is 1.17 bits per heavy atom.